The minimum absolute atomic E-state index is 0.275. The smallest absolute Gasteiger partial charge is 0.261 e. The van der Waals surface area contributed by atoms with E-state index in [-0.39, 0.29) is 5.91 Å². The van der Waals surface area contributed by atoms with Crippen LogP contribution in [0.5, 0.6) is 11.5 Å². The summed E-state index contributed by atoms with van der Waals surface area (Å²) in [7, 11) is 3.05. The van der Waals surface area contributed by atoms with E-state index >= 15 is 0 Å². The first-order valence-electron chi connectivity index (χ1n) is 7.98. The van der Waals surface area contributed by atoms with Gasteiger partial charge in [0, 0.05) is 25.0 Å². The molecule has 1 aromatic carbocycles. The van der Waals surface area contributed by atoms with Crippen LogP contribution in [0, 0.1) is 0 Å². The summed E-state index contributed by atoms with van der Waals surface area (Å²) in [5.41, 5.74) is 1.35. The molecule has 1 fully saturated rings. The summed E-state index contributed by atoms with van der Waals surface area (Å²) in [5, 5.41) is 5.37. The van der Waals surface area contributed by atoms with Crippen molar-refractivity contribution < 1.29 is 19.0 Å². The van der Waals surface area contributed by atoms with Gasteiger partial charge in [0.1, 0.15) is 0 Å². The zero-order valence-corrected chi connectivity index (χ0v) is 15.1. The number of ether oxygens (including phenoxy) is 3. The fourth-order valence-corrected chi connectivity index (χ4v) is 3.35. The number of morpholine rings is 1. The maximum atomic E-state index is 12.6. The lowest BCUT2D eigenvalue weighted by Gasteiger charge is -2.25. The highest BCUT2D eigenvalue weighted by atomic mass is 32.1. The first kappa shape index (κ1) is 17.7. The van der Waals surface area contributed by atoms with Crippen LogP contribution in [0.15, 0.2) is 23.6 Å². The number of amides is 1. The number of hydrogen-bond acceptors (Lipinski definition) is 7. The monoisotopic (exact) mass is 363 g/mol. The van der Waals surface area contributed by atoms with Gasteiger partial charge in [-0.25, -0.2) is 4.98 Å². The summed E-state index contributed by atoms with van der Waals surface area (Å²) in [6.07, 6.45) is 0. The number of nitrogens with zero attached hydrogens (tertiary/aromatic N) is 2. The Bertz CT molecular complexity index is 728. The van der Waals surface area contributed by atoms with E-state index in [9.17, 15) is 4.79 Å². The number of anilines is 1. The van der Waals surface area contributed by atoms with E-state index in [2.05, 4.69) is 15.2 Å². The summed E-state index contributed by atoms with van der Waals surface area (Å²) >= 11 is 1.41. The third-order valence-electron chi connectivity index (χ3n) is 3.91. The average Bonchev–Trinajstić information content (AvgIpc) is 3.08. The van der Waals surface area contributed by atoms with Gasteiger partial charge < -0.3 is 14.2 Å². The summed E-state index contributed by atoms with van der Waals surface area (Å²) in [6, 6.07) is 5.19. The number of carbonyl (C=O) groups excluding carboxylic acids is 1. The van der Waals surface area contributed by atoms with Crippen molar-refractivity contribution in [2.75, 3.05) is 45.8 Å². The molecular weight excluding hydrogens is 342 g/mol. The van der Waals surface area contributed by atoms with Gasteiger partial charge in [-0.3, -0.25) is 15.0 Å². The summed E-state index contributed by atoms with van der Waals surface area (Å²) in [5.74, 6) is 0.651. The number of methoxy groups -OCH3 is 2. The highest BCUT2D eigenvalue weighted by molar-refractivity contribution is 7.14. The van der Waals surface area contributed by atoms with Crippen LogP contribution in [-0.2, 0) is 11.3 Å². The fourth-order valence-electron chi connectivity index (χ4n) is 2.66. The molecule has 134 valence electrons. The maximum Gasteiger partial charge on any atom is 0.261 e. The number of benzene rings is 1. The number of nitrogens with one attached hydrogen (secondary N) is 1. The van der Waals surface area contributed by atoms with Gasteiger partial charge in [-0.1, -0.05) is 6.07 Å². The van der Waals surface area contributed by atoms with E-state index in [4.69, 9.17) is 14.2 Å². The topological polar surface area (TPSA) is 72.9 Å². The predicted octanol–water partition coefficient (Wildman–Crippen LogP) is 2.24. The van der Waals surface area contributed by atoms with Crippen LogP contribution in [0.1, 0.15) is 16.1 Å². The quantitative estimate of drug-likeness (QED) is 0.849. The maximum absolute atomic E-state index is 12.6. The molecule has 1 aromatic heterocycles. The third-order valence-corrected chi connectivity index (χ3v) is 4.72. The normalized spacial score (nSPS) is 15.0. The van der Waals surface area contributed by atoms with Gasteiger partial charge in [0.15, 0.2) is 16.6 Å². The molecule has 1 saturated heterocycles. The lowest BCUT2D eigenvalue weighted by Crippen LogP contribution is -2.35. The third kappa shape index (κ3) is 4.28. The number of thiazole rings is 1. The lowest BCUT2D eigenvalue weighted by atomic mass is 10.1. The van der Waals surface area contributed by atoms with Crippen LogP contribution in [0.4, 0.5) is 5.13 Å². The van der Waals surface area contributed by atoms with Crippen molar-refractivity contribution in [2.24, 2.45) is 0 Å². The van der Waals surface area contributed by atoms with Gasteiger partial charge in [-0.05, 0) is 12.1 Å². The molecule has 3 rings (SSSR count). The molecule has 8 heteroatoms. The molecule has 1 aliphatic rings. The Morgan fingerprint density at radius 2 is 2.12 bits per heavy atom. The molecule has 25 heavy (non-hydrogen) atoms. The Hall–Kier alpha value is -2.16. The minimum Gasteiger partial charge on any atom is -0.493 e. The Labute approximate surface area is 150 Å². The molecule has 0 saturated carbocycles. The fraction of sp³-hybridized carbons (Fsp3) is 0.412. The second kappa shape index (κ2) is 8.28. The number of para-hydroxylation sites is 1. The molecule has 2 heterocycles. The molecule has 1 aliphatic heterocycles. The Morgan fingerprint density at radius 1 is 1.32 bits per heavy atom. The van der Waals surface area contributed by atoms with Gasteiger partial charge in [0.05, 0.1) is 38.7 Å². The largest absolute Gasteiger partial charge is 0.493 e. The van der Waals surface area contributed by atoms with Crippen LogP contribution in [0.2, 0.25) is 0 Å². The van der Waals surface area contributed by atoms with Gasteiger partial charge in [0.2, 0.25) is 0 Å². The van der Waals surface area contributed by atoms with Crippen LogP contribution < -0.4 is 14.8 Å². The summed E-state index contributed by atoms with van der Waals surface area (Å²) < 4.78 is 15.9. The highest BCUT2D eigenvalue weighted by Crippen LogP contribution is 2.31. The first-order chi connectivity index (χ1) is 12.2. The molecule has 0 aliphatic carbocycles. The van der Waals surface area contributed by atoms with Crippen LogP contribution in [-0.4, -0.2) is 56.3 Å². The van der Waals surface area contributed by atoms with Crippen molar-refractivity contribution in [1.29, 1.82) is 0 Å². The molecule has 7 nitrogen and oxygen atoms in total. The molecule has 0 radical (unpaired) electrons. The van der Waals surface area contributed by atoms with Crippen LogP contribution >= 0.6 is 11.3 Å². The van der Waals surface area contributed by atoms with Crippen molar-refractivity contribution in [3.8, 4) is 11.5 Å². The Balaban J connectivity index is 1.67. The van der Waals surface area contributed by atoms with E-state index in [1.165, 1.54) is 25.6 Å². The zero-order chi connectivity index (χ0) is 17.6. The number of hydrogen-bond donors (Lipinski definition) is 1. The van der Waals surface area contributed by atoms with Crippen LogP contribution in [0.3, 0.4) is 0 Å². The number of aromatic nitrogens is 1. The van der Waals surface area contributed by atoms with E-state index in [1.807, 2.05) is 5.38 Å². The zero-order valence-electron chi connectivity index (χ0n) is 14.3. The van der Waals surface area contributed by atoms with Gasteiger partial charge >= 0.3 is 0 Å². The molecule has 0 spiro atoms. The highest BCUT2D eigenvalue weighted by Gasteiger charge is 2.18. The van der Waals surface area contributed by atoms with Crippen molar-refractivity contribution >= 4 is 22.4 Å². The predicted molar refractivity (Wildman–Crippen MR) is 95.7 cm³/mol. The van der Waals surface area contributed by atoms with E-state index in [1.54, 1.807) is 18.2 Å². The van der Waals surface area contributed by atoms with Crippen molar-refractivity contribution in [1.82, 2.24) is 9.88 Å². The second-order valence-corrected chi connectivity index (χ2v) is 6.39. The van der Waals surface area contributed by atoms with E-state index in [0.29, 0.717) is 22.2 Å². The second-order valence-electron chi connectivity index (χ2n) is 5.53. The number of carbonyl (C=O) groups is 1. The Kier molecular flexibility index (Phi) is 5.85. The summed E-state index contributed by atoms with van der Waals surface area (Å²) in [6.45, 7) is 4.07. The Morgan fingerprint density at radius 3 is 2.84 bits per heavy atom. The molecule has 0 unspecified atom stereocenters. The van der Waals surface area contributed by atoms with Crippen molar-refractivity contribution in [2.45, 2.75) is 6.54 Å². The van der Waals surface area contributed by atoms with Crippen molar-refractivity contribution in [3.05, 3.63) is 34.8 Å². The molecular formula is C17H21N3O4S. The van der Waals surface area contributed by atoms with Crippen molar-refractivity contribution in [3.63, 3.8) is 0 Å². The minimum atomic E-state index is -0.275. The van der Waals surface area contributed by atoms with Crippen LogP contribution in [0.25, 0.3) is 0 Å². The van der Waals surface area contributed by atoms with Gasteiger partial charge in [0.25, 0.3) is 5.91 Å². The molecule has 1 amide bonds. The average molecular weight is 363 g/mol. The molecule has 0 bridgehead atoms. The number of rotatable bonds is 6. The standard InChI is InChI=1S/C17H21N3O4S/c1-22-14-5-3-4-13(15(14)23-2)16(21)19-17-18-12(11-25-17)10-20-6-8-24-9-7-20/h3-5,11H,6-10H2,1-2H3,(H,18,19,21). The van der Waals surface area contributed by atoms with Gasteiger partial charge in [-0.15, -0.1) is 11.3 Å². The van der Waals surface area contributed by atoms with Gasteiger partial charge in [-0.2, -0.15) is 0 Å². The SMILES string of the molecule is COc1cccc(C(=O)Nc2nc(CN3CCOCC3)cs2)c1OC. The first-order valence-corrected chi connectivity index (χ1v) is 8.86. The van der Waals surface area contributed by atoms with E-state index < -0.39 is 0 Å². The molecule has 1 N–H and O–H groups in total. The lowest BCUT2D eigenvalue weighted by molar-refractivity contribution is 0.0337. The molecule has 0 atom stereocenters. The van der Waals surface area contributed by atoms with E-state index in [0.717, 1.165) is 38.5 Å². The summed E-state index contributed by atoms with van der Waals surface area (Å²) in [4.78, 5) is 19.3. The molecule has 2 aromatic rings.